The van der Waals surface area contributed by atoms with Crippen molar-refractivity contribution in [2.45, 2.75) is 19.8 Å². The van der Waals surface area contributed by atoms with E-state index >= 15 is 0 Å². The molecule has 2 rings (SSSR count). The average molecular weight is 324 g/mol. The van der Waals surface area contributed by atoms with Crippen molar-refractivity contribution < 1.29 is 19.4 Å². The van der Waals surface area contributed by atoms with E-state index in [1.54, 1.807) is 18.2 Å². The molecule has 5 nitrogen and oxygen atoms in total. The number of methoxy groups -OCH3 is 1. The SMILES string of the molecule is COc1cc(Cl)c(C)cc1NC(=O)[C@H]1CC=CC[C@H]1C(=O)O. The van der Waals surface area contributed by atoms with Crippen molar-refractivity contribution in [3.8, 4) is 5.75 Å². The molecule has 0 aromatic heterocycles. The van der Waals surface area contributed by atoms with Crippen LogP contribution in [0.15, 0.2) is 24.3 Å². The third kappa shape index (κ3) is 3.42. The van der Waals surface area contributed by atoms with Crippen LogP contribution in [-0.4, -0.2) is 24.1 Å². The summed E-state index contributed by atoms with van der Waals surface area (Å²) in [5, 5.41) is 12.6. The maximum absolute atomic E-state index is 12.4. The maximum atomic E-state index is 12.4. The normalized spacial score (nSPS) is 20.5. The Morgan fingerprint density at radius 3 is 2.50 bits per heavy atom. The van der Waals surface area contributed by atoms with Gasteiger partial charge in [0.1, 0.15) is 5.75 Å². The molecular formula is C16H18ClNO4. The molecule has 1 aliphatic rings. The molecule has 0 heterocycles. The number of ether oxygens (including phenoxy) is 1. The van der Waals surface area contributed by atoms with Crippen LogP contribution in [0, 0.1) is 18.8 Å². The quantitative estimate of drug-likeness (QED) is 0.834. The van der Waals surface area contributed by atoms with Crippen LogP contribution in [0.1, 0.15) is 18.4 Å². The van der Waals surface area contributed by atoms with Crippen LogP contribution in [0.3, 0.4) is 0 Å². The molecule has 0 aliphatic heterocycles. The van der Waals surface area contributed by atoms with Crippen molar-refractivity contribution >= 4 is 29.2 Å². The fraction of sp³-hybridized carbons (Fsp3) is 0.375. The van der Waals surface area contributed by atoms with Crippen LogP contribution in [0.5, 0.6) is 5.75 Å². The van der Waals surface area contributed by atoms with Gasteiger partial charge in [0.05, 0.1) is 24.6 Å². The van der Waals surface area contributed by atoms with Gasteiger partial charge in [-0.1, -0.05) is 23.8 Å². The van der Waals surface area contributed by atoms with E-state index in [-0.39, 0.29) is 5.91 Å². The van der Waals surface area contributed by atoms with Crippen molar-refractivity contribution in [3.05, 3.63) is 34.9 Å². The Morgan fingerprint density at radius 1 is 1.27 bits per heavy atom. The van der Waals surface area contributed by atoms with Crippen molar-refractivity contribution in [2.75, 3.05) is 12.4 Å². The first-order valence-corrected chi connectivity index (χ1v) is 7.34. The Bertz CT molecular complexity index is 627. The summed E-state index contributed by atoms with van der Waals surface area (Å²) < 4.78 is 5.21. The summed E-state index contributed by atoms with van der Waals surface area (Å²) in [6, 6.07) is 3.34. The monoisotopic (exact) mass is 323 g/mol. The van der Waals surface area contributed by atoms with E-state index in [2.05, 4.69) is 5.32 Å². The van der Waals surface area contributed by atoms with Gasteiger partial charge in [0.15, 0.2) is 0 Å². The zero-order valence-electron chi connectivity index (χ0n) is 12.4. The molecule has 2 N–H and O–H groups in total. The number of anilines is 1. The first-order valence-electron chi connectivity index (χ1n) is 6.96. The molecule has 1 aliphatic carbocycles. The topological polar surface area (TPSA) is 75.6 Å². The van der Waals surface area contributed by atoms with Gasteiger partial charge < -0.3 is 15.2 Å². The number of benzene rings is 1. The molecule has 0 bridgehead atoms. The number of carbonyl (C=O) groups excluding carboxylic acids is 1. The van der Waals surface area contributed by atoms with Crippen molar-refractivity contribution in [2.24, 2.45) is 11.8 Å². The lowest BCUT2D eigenvalue weighted by Crippen LogP contribution is -2.34. The highest BCUT2D eigenvalue weighted by Crippen LogP contribution is 2.33. The zero-order valence-corrected chi connectivity index (χ0v) is 13.2. The molecule has 0 unspecified atom stereocenters. The molecule has 1 amide bonds. The predicted molar refractivity (Wildman–Crippen MR) is 84.4 cm³/mol. The van der Waals surface area contributed by atoms with Gasteiger partial charge in [0.2, 0.25) is 5.91 Å². The van der Waals surface area contributed by atoms with E-state index in [9.17, 15) is 14.7 Å². The number of allylic oxidation sites excluding steroid dienone is 2. The third-order valence-corrected chi connectivity index (χ3v) is 4.23. The second-order valence-electron chi connectivity index (χ2n) is 5.28. The van der Waals surface area contributed by atoms with E-state index in [4.69, 9.17) is 16.3 Å². The van der Waals surface area contributed by atoms with E-state index in [1.165, 1.54) is 7.11 Å². The van der Waals surface area contributed by atoms with Crippen LogP contribution in [-0.2, 0) is 9.59 Å². The van der Waals surface area contributed by atoms with E-state index < -0.39 is 17.8 Å². The number of halogens is 1. The van der Waals surface area contributed by atoms with Gasteiger partial charge in [-0.2, -0.15) is 0 Å². The molecule has 6 heteroatoms. The Balaban J connectivity index is 2.23. The summed E-state index contributed by atoms with van der Waals surface area (Å²) in [5.41, 5.74) is 1.30. The molecule has 2 atom stereocenters. The Morgan fingerprint density at radius 2 is 1.91 bits per heavy atom. The Kier molecular flexibility index (Phi) is 5.08. The fourth-order valence-electron chi connectivity index (χ4n) is 2.53. The minimum atomic E-state index is -0.955. The molecular weight excluding hydrogens is 306 g/mol. The number of aryl methyl sites for hydroxylation is 1. The van der Waals surface area contributed by atoms with E-state index in [1.807, 2.05) is 13.0 Å². The molecule has 22 heavy (non-hydrogen) atoms. The van der Waals surface area contributed by atoms with Crippen LogP contribution < -0.4 is 10.1 Å². The van der Waals surface area contributed by atoms with Gasteiger partial charge in [0.25, 0.3) is 0 Å². The number of aliphatic carboxylic acids is 1. The second kappa shape index (κ2) is 6.83. The van der Waals surface area contributed by atoms with Crippen LogP contribution >= 0.6 is 11.6 Å². The largest absolute Gasteiger partial charge is 0.495 e. The lowest BCUT2D eigenvalue weighted by molar-refractivity contribution is -0.146. The van der Waals surface area contributed by atoms with Crippen LogP contribution in [0.4, 0.5) is 5.69 Å². The van der Waals surface area contributed by atoms with Crippen LogP contribution in [0.2, 0.25) is 5.02 Å². The van der Waals surface area contributed by atoms with Gasteiger partial charge >= 0.3 is 5.97 Å². The first-order chi connectivity index (χ1) is 10.4. The van der Waals surface area contributed by atoms with Gasteiger partial charge in [-0.05, 0) is 31.4 Å². The summed E-state index contributed by atoms with van der Waals surface area (Å²) in [7, 11) is 1.49. The predicted octanol–water partition coefficient (Wildman–Crippen LogP) is 3.26. The number of carboxylic acids is 1. The minimum absolute atomic E-state index is 0.322. The smallest absolute Gasteiger partial charge is 0.307 e. The second-order valence-corrected chi connectivity index (χ2v) is 5.69. The van der Waals surface area contributed by atoms with E-state index in [0.717, 1.165) is 5.56 Å². The lowest BCUT2D eigenvalue weighted by atomic mass is 9.82. The minimum Gasteiger partial charge on any atom is -0.495 e. The van der Waals surface area contributed by atoms with Gasteiger partial charge in [-0.25, -0.2) is 0 Å². The highest BCUT2D eigenvalue weighted by molar-refractivity contribution is 6.31. The van der Waals surface area contributed by atoms with E-state index in [0.29, 0.717) is 29.3 Å². The molecule has 118 valence electrons. The number of hydrogen-bond acceptors (Lipinski definition) is 3. The Hall–Kier alpha value is -2.01. The fourth-order valence-corrected chi connectivity index (χ4v) is 2.69. The van der Waals surface area contributed by atoms with Crippen molar-refractivity contribution in [1.82, 2.24) is 0 Å². The highest BCUT2D eigenvalue weighted by atomic mass is 35.5. The van der Waals surface area contributed by atoms with Crippen molar-refractivity contribution in [3.63, 3.8) is 0 Å². The van der Waals surface area contributed by atoms with Crippen LogP contribution in [0.25, 0.3) is 0 Å². The number of rotatable bonds is 4. The standard InChI is InChI=1S/C16H18ClNO4/c1-9-7-13(14(22-2)8-12(9)17)18-15(19)10-5-3-4-6-11(10)16(20)21/h3-4,7-8,10-11H,5-6H2,1-2H3,(H,18,19)(H,20,21)/t10-,11+/m0/s1. The molecule has 1 aromatic rings. The number of nitrogens with one attached hydrogen (secondary N) is 1. The number of hydrogen-bond donors (Lipinski definition) is 2. The maximum Gasteiger partial charge on any atom is 0.307 e. The molecule has 0 spiro atoms. The van der Waals surface area contributed by atoms with Gasteiger partial charge in [-0.3, -0.25) is 9.59 Å². The molecule has 0 saturated carbocycles. The molecule has 0 radical (unpaired) electrons. The number of amides is 1. The third-order valence-electron chi connectivity index (χ3n) is 3.82. The first kappa shape index (κ1) is 16.4. The summed E-state index contributed by atoms with van der Waals surface area (Å²) in [6.45, 7) is 1.82. The van der Waals surface area contributed by atoms with Gasteiger partial charge in [0, 0.05) is 11.1 Å². The highest BCUT2D eigenvalue weighted by Gasteiger charge is 2.34. The molecule has 0 fully saturated rings. The average Bonchev–Trinajstić information content (AvgIpc) is 2.50. The summed E-state index contributed by atoms with van der Waals surface area (Å²) >= 11 is 6.03. The molecule has 0 saturated heterocycles. The summed E-state index contributed by atoms with van der Waals surface area (Å²) in [6.07, 6.45) is 4.42. The Labute approximate surface area is 133 Å². The summed E-state index contributed by atoms with van der Waals surface area (Å²) in [4.78, 5) is 23.7. The molecule has 1 aromatic carbocycles. The lowest BCUT2D eigenvalue weighted by Gasteiger charge is -2.24. The zero-order chi connectivity index (χ0) is 16.3. The van der Waals surface area contributed by atoms with Crippen molar-refractivity contribution in [1.29, 1.82) is 0 Å². The number of carboxylic acid groups (broad SMARTS) is 1. The number of carbonyl (C=O) groups is 2. The summed E-state index contributed by atoms with van der Waals surface area (Å²) in [5.74, 6) is -2.13. The van der Waals surface area contributed by atoms with Gasteiger partial charge in [-0.15, -0.1) is 0 Å².